The first-order chi connectivity index (χ1) is 13.6. The van der Waals surface area contributed by atoms with Gasteiger partial charge in [-0.05, 0) is 63.1 Å². The lowest BCUT2D eigenvalue weighted by Gasteiger charge is -2.31. The van der Waals surface area contributed by atoms with Gasteiger partial charge in [-0.1, -0.05) is 17.7 Å². The molecule has 0 aromatic heterocycles. The van der Waals surface area contributed by atoms with Crippen LogP contribution in [0.15, 0.2) is 42.1 Å². The van der Waals surface area contributed by atoms with Crippen molar-refractivity contribution in [2.75, 3.05) is 18.6 Å². The fourth-order valence-electron chi connectivity index (χ4n) is 4.27. The quantitative estimate of drug-likeness (QED) is 0.500. The van der Waals surface area contributed by atoms with Crippen LogP contribution < -0.4 is 9.64 Å². The predicted octanol–water partition coefficient (Wildman–Crippen LogP) is 6.75. The zero-order valence-electron chi connectivity index (χ0n) is 16.6. The number of alkyl halides is 3. The number of likely N-dealkylation sites (N-methyl/N-ethyl adjacent to an activating group) is 1. The van der Waals surface area contributed by atoms with Gasteiger partial charge in [0.2, 0.25) is 0 Å². The minimum absolute atomic E-state index is 0.190. The minimum atomic E-state index is -4.69. The Morgan fingerprint density at radius 1 is 1.21 bits per heavy atom. The SMILES string of the molecule is C/C=C1\N(CC)c2ccc(OC)cc2C1(C)Cc1c(C(F)(F)F)ccc(Cl)c1F. The van der Waals surface area contributed by atoms with Gasteiger partial charge >= 0.3 is 6.18 Å². The lowest BCUT2D eigenvalue weighted by atomic mass is 9.75. The summed E-state index contributed by atoms with van der Waals surface area (Å²) in [5.74, 6) is -0.441. The molecule has 0 N–H and O–H groups in total. The van der Waals surface area contributed by atoms with Crippen LogP contribution in [0.2, 0.25) is 5.02 Å². The lowest BCUT2D eigenvalue weighted by molar-refractivity contribution is -0.138. The summed E-state index contributed by atoms with van der Waals surface area (Å²) in [6, 6.07) is 7.29. The molecule has 0 spiro atoms. The van der Waals surface area contributed by atoms with E-state index in [0.717, 1.165) is 29.1 Å². The van der Waals surface area contributed by atoms with Gasteiger partial charge in [0.15, 0.2) is 0 Å². The van der Waals surface area contributed by atoms with Crippen molar-refractivity contribution in [3.05, 3.63) is 69.6 Å². The lowest BCUT2D eigenvalue weighted by Crippen LogP contribution is -2.31. The maximum Gasteiger partial charge on any atom is 0.416 e. The Bertz CT molecular complexity index is 970. The molecule has 0 bridgehead atoms. The summed E-state index contributed by atoms with van der Waals surface area (Å²) < 4.78 is 61.1. The second kappa shape index (κ2) is 7.56. The van der Waals surface area contributed by atoms with E-state index in [1.165, 1.54) is 7.11 Å². The van der Waals surface area contributed by atoms with Crippen LogP contribution in [0.3, 0.4) is 0 Å². The van der Waals surface area contributed by atoms with Crippen LogP contribution in [0.4, 0.5) is 23.2 Å². The Kier molecular flexibility index (Phi) is 5.60. The molecule has 1 heterocycles. The van der Waals surface area contributed by atoms with Crippen molar-refractivity contribution >= 4 is 17.3 Å². The molecular formula is C22H22ClF4NO. The van der Waals surface area contributed by atoms with Gasteiger partial charge in [0.05, 0.1) is 17.7 Å². The molecule has 0 amide bonds. The summed E-state index contributed by atoms with van der Waals surface area (Å²) in [4.78, 5) is 2.03. The van der Waals surface area contributed by atoms with Crippen LogP contribution in [0.1, 0.15) is 37.5 Å². The molecule has 3 rings (SSSR count). The molecule has 1 unspecified atom stereocenters. The number of ether oxygens (including phenoxy) is 1. The Hall–Kier alpha value is -2.21. The fourth-order valence-corrected chi connectivity index (χ4v) is 4.45. The third kappa shape index (κ3) is 3.48. The van der Waals surface area contributed by atoms with Crippen molar-refractivity contribution in [2.45, 2.75) is 38.8 Å². The minimum Gasteiger partial charge on any atom is -0.497 e. The predicted molar refractivity (Wildman–Crippen MR) is 107 cm³/mol. The molecule has 1 atom stereocenters. The van der Waals surface area contributed by atoms with Crippen LogP contribution in [-0.2, 0) is 18.0 Å². The molecule has 0 aliphatic carbocycles. The summed E-state index contributed by atoms with van der Waals surface area (Å²) in [6.45, 7) is 6.25. The van der Waals surface area contributed by atoms with Crippen LogP contribution in [0.5, 0.6) is 5.75 Å². The Morgan fingerprint density at radius 2 is 1.90 bits per heavy atom. The van der Waals surface area contributed by atoms with Gasteiger partial charge in [-0.2, -0.15) is 13.2 Å². The second-order valence-corrected chi connectivity index (χ2v) is 7.60. The van der Waals surface area contributed by atoms with Gasteiger partial charge in [0.25, 0.3) is 0 Å². The first-order valence-corrected chi connectivity index (χ1v) is 9.63. The molecule has 7 heteroatoms. The van der Waals surface area contributed by atoms with Crippen LogP contribution in [0, 0.1) is 5.82 Å². The molecule has 1 aliphatic rings. The number of benzene rings is 2. The number of hydrogen-bond donors (Lipinski definition) is 0. The van der Waals surface area contributed by atoms with Crippen LogP contribution >= 0.6 is 11.6 Å². The normalized spacial score (nSPS) is 20.3. The third-order valence-corrected chi connectivity index (χ3v) is 5.86. The summed E-state index contributed by atoms with van der Waals surface area (Å²) in [6.07, 6.45) is -3.01. The van der Waals surface area contributed by atoms with Gasteiger partial charge in [-0.25, -0.2) is 4.39 Å². The van der Waals surface area contributed by atoms with Gasteiger partial charge < -0.3 is 9.64 Å². The van der Waals surface area contributed by atoms with E-state index in [1.807, 2.05) is 49.9 Å². The highest BCUT2D eigenvalue weighted by Gasteiger charge is 2.46. The van der Waals surface area contributed by atoms with E-state index in [0.29, 0.717) is 12.3 Å². The Labute approximate surface area is 172 Å². The monoisotopic (exact) mass is 427 g/mol. The van der Waals surface area contributed by atoms with Crippen molar-refractivity contribution in [3.8, 4) is 5.75 Å². The van der Waals surface area contributed by atoms with Crippen molar-refractivity contribution in [1.29, 1.82) is 0 Å². The van der Waals surface area contributed by atoms with Gasteiger partial charge in [0, 0.05) is 28.9 Å². The molecule has 1 aliphatic heterocycles. The van der Waals surface area contributed by atoms with E-state index < -0.39 is 28.5 Å². The first-order valence-electron chi connectivity index (χ1n) is 9.25. The molecule has 2 aromatic carbocycles. The van der Waals surface area contributed by atoms with Gasteiger partial charge in [-0.15, -0.1) is 0 Å². The zero-order chi connectivity index (χ0) is 21.6. The van der Waals surface area contributed by atoms with Crippen molar-refractivity contribution in [2.24, 2.45) is 0 Å². The maximum atomic E-state index is 14.9. The number of nitrogens with zero attached hydrogens (tertiary/aromatic N) is 1. The number of methoxy groups -OCH3 is 1. The number of rotatable bonds is 4. The van der Waals surface area contributed by atoms with E-state index in [2.05, 4.69) is 0 Å². The number of fused-ring (bicyclic) bond motifs is 1. The van der Waals surface area contributed by atoms with E-state index >= 15 is 0 Å². The largest absolute Gasteiger partial charge is 0.497 e. The highest BCUT2D eigenvalue weighted by molar-refractivity contribution is 6.30. The molecule has 0 fully saturated rings. The van der Waals surface area contributed by atoms with Crippen molar-refractivity contribution in [1.82, 2.24) is 0 Å². The summed E-state index contributed by atoms with van der Waals surface area (Å²) in [5, 5.41) is -0.324. The first kappa shape index (κ1) is 21.5. The molecule has 2 nitrogen and oxygen atoms in total. The molecule has 0 saturated carbocycles. The number of hydrogen-bond acceptors (Lipinski definition) is 2. The topological polar surface area (TPSA) is 12.5 Å². The number of halogens is 5. The molecule has 0 saturated heterocycles. The molecular weight excluding hydrogens is 406 g/mol. The molecule has 2 aromatic rings. The van der Waals surface area contributed by atoms with Gasteiger partial charge in [-0.3, -0.25) is 0 Å². The third-order valence-electron chi connectivity index (χ3n) is 5.57. The van der Waals surface area contributed by atoms with Crippen molar-refractivity contribution in [3.63, 3.8) is 0 Å². The van der Waals surface area contributed by atoms with Crippen LogP contribution in [-0.4, -0.2) is 13.7 Å². The zero-order valence-corrected chi connectivity index (χ0v) is 17.4. The average Bonchev–Trinajstić information content (AvgIpc) is 2.91. The number of allylic oxidation sites excluding steroid dienone is 2. The highest BCUT2D eigenvalue weighted by Crippen LogP contribution is 2.52. The Balaban J connectivity index is 2.25. The van der Waals surface area contributed by atoms with E-state index in [4.69, 9.17) is 16.3 Å². The standard InChI is InChI=1S/C22H22ClF4NO/c1-5-19-21(3,16-11-13(29-4)7-10-18(16)28(19)6-2)12-14-15(22(25,26)27)8-9-17(23)20(14)24/h5,7-11H,6,12H2,1-4H3/b19-5-. The smallest absolute Gasteiger partial charge is 0.416 e. The summed E-state index contributed by atoms with van der Waals surface area (Å²) in [5.41, 5.74) is 0.157. The van der Waals surface area contributed by atoms with E-state index in [9.17, 15) is 17.6 Å². The van der Waals surface area contributed by atoms with Gasteiger partial charge in [0.1, 0.15) is 11.6 Å². The van der Waals surface area contributed by atoms with E-state index in [1.54, 1.807) is 0 Å². The molecule has 0 radical (unpaired) electrons. The summed E-state index contributed by atoms with van der Waals surface area (Å²) >= 11 is 5.85. The molecule has 29 heavy (non-hydrogen) atoms. The number of anilines is 1. The average molecular weight is 428 g/mol. The van der Waals surface area contributed by atoms with E-state index in [-0.39, 0.29) is 11.4 Å². The fraction of sp³-hybridized carbons (Fsp3) is 0.364. The second-order valence-electron chi connectivity index (χ2n) is 7.20. The van der Waals surface area contributed by atoms with Crippen molar-refractivity contribution < 1.29 is 22.3 Å². The van der Waals surface area contributed by atoms with Crippen LogP contribution in [0.25, 0.3) is 0 Å². The summed E-state index contributed by atoms with van der Waals surface area (Å²) in [7, 11) is 1.53. The highest BCUT2D eigenvalue weighted by atomic mass is 35.5. The Morgan fingerprint density at radius 3 is 2.45 bits per heavy atom. The molecule has 156 valence electrons. The maximum absolute atomic E-state index is 14.9.